The molecular weight excluding hydrogens is 546 g/mol. The van der Waals surface area contributed by atoms with Crippen molar-refractivity contribution in [3.63, 3.8) is 0 Å². The second-order valence-electron chi connectivity index (χ2n) is 11.9. The van der Waals surface area contributed by atoms with Crippen molar-refractivity contribution in [1.29, 1.82) is 0 Å². The third-order valence-corrected chi connectivity index (χ3v) is 9.45. The molecule has 41 heavy (non-hydrogen) atoms. The van der Waals surface area contributed by atoms with Gasteiger partial charge in [-0.15, -0.1) is 0 Å². The zero-order valence-corrected chi connectivity index (χ0v) is 26.0. The van der Waals surface area contributed by atoms with Crippen molar-refractivity contribution in [3.05, 3.63) is 106 Å². The molecule has 0 saturated carbocycles. The van der Waals surface area contributed by atoms with Crippen LogP contribution >= 0.6 is 23.8 Å². The van der Waals surface area contributed by atoms with Crippen LogP contribution < -0.4 is 15.1 Å². The third kappa shape index (κ3) is 5.02. The van der Waals surface area contributed by atoms with Crippen LogP contribution in [0, 0.1) is 32.6 Å². The number of halogens is 1. The molecule has 0 radical (unpaired) electrons. The maximum absolute atomic E-state index is 7.05. The molecule has 0 spiro atoms. The number of nitrogens with zero attached hydrogens (tertiary/aromatic N) is 4. The van der Waals surface area contributed by atoms with Gasteiger partial charge in [0.2, 0.25) is 0 Å². The first-order valence-corrected chi connectivity index (χ1v) is 15.3. The van der Waals surface area contributed by atoms with Gasteiger partial charge in [-0.1, -0.05) is 49.7 Å². The number of nitrogens with one attached hydrogen (secondary N) is 1. The maximum atomic E-state index is 7.05. The minimum atomic E-state index is -0.116. The Hall–Kier alpha value is -3.35. The van der Waals surface area contributed by atoms with Crippen molar-refractivity contribution in [3.8, 4) is 5.69 Å². The molecule has 2 aliphatic heterocycles. The van der Waals surface area contributed by atoms with Crippen LogP contribution in [-0.2, 0) is 0 Å². The normalized spacial score (nSPS) is 22.7. The molecule has 2 fully saturated rings. The quantitative estimate of drug-likeness (QED) is 0.240. The van der Waals surface area contributed by atoms with Crippen molar-refractivity contribution in [2.24, 2.45) is 11.8 Å². The fourth-order valence-corrected chi connectivity index (χ4v) is 7.73. The van der Waals surface area contributed by atoms with E-state index in [1.165, 1.54) is 28.9 Å². The van der Waals surface area contributed by atoms with E-state index in [-0.39, 0.29) is 12.1 Å². The molecule has 4 atom stereocenters. The molecule has 212 valence electrons. The molecule has 0 aliphatic carbocycles. The highest BCUT2D eigenvalue weighted by atomic mass is 35.5. The molecule has 0 bridgehead atoms. The van der Waals surface area contributed by atoms with Gasteiger partial charge >= 0.3 is 0 Å². The first-order valence-electron chi connectivity index (χ1n) is 14.5. The number of hydrogen-bond acceptors (Lipinski definition) is 3. The summed E-state index contributed by atoms with van der Waals surface area (Å²) >= 11 is 13.1. The zero-order chi connectivity index (χ0) is 28.8. The number of para-hydroxylation sites is 1. The summed E-state index contributed by atoms with van der Waals surface area (Å²) in [6.07, 6.45) is 3.11. The second-order valence-corrected chi connectivity index (χ2v) is 12.7. The molecule has 0 amide bonds. The summed E-state index contributed by atoms with van der Waals surface area (Å²) in [6, 6.07) is 22.9. The van der Waals surface area contributed by atoms with Crippen LogP contribution in [0.2, 0.25) is 5.02 Å². The summed E-state index contributed by atoms with van der Waals surface area (Å²) in [7, 11) is 0. The lowest BCUT2D eigenvalue weighted by molar-refractivity contribution is 0.357. The Labute approximate surface area is 254 Å². The lowest BCUT2D eigenvalue weighted by atomic mass is 9.91. The van der Waals surface area contributed by atoms with Gasteiger partial charge in [-0.25, -0.2) is 0 Å². The highest BCUT2D eigenvalue weighted by Gasteiger charge is 2.43. The van der Waals surface area contributed by atoms with E-state index in [9.17, 15) is 0 Å². The first kappa shape index (κ1) is 27.8. The van der Waals surface area contributed by atoms with E-state index in [0.717, 1.165) is 40.9 Å². The number of piperidine rings is 1. The largest absolute Gasteiger partial charge is 0.370 e. The van der Waals surface area contributed by atoms with Crippen molar-refractivity contribution in [2.75, 3.05) is 22.9 Å². The fraction of sp³-hybridized carbons (Fsp3) is 0.353. The SMILES string of the molecule is Cc1c([C@@H]2[C@@H](c3ccccn3)NC(=S)N2c2ccc(N3C[C@H](C)C[C@H](C)C3)c(Cl)c2)c(C)n(-c2ccccc2)c1C. The van der Waals surface area contributed by atoms with E-state index < -0.39 is 0 Å². The van der Waals surface area contributed by atoms with Crippen LogP contribution in [0.15, 0.2) is 72.9 Å². The number of benzene rings is 2. The van der Waals surface area contributed by atoms with Gasteiger partial charge in [0.05, 0.1) is 28.5 Å². The van der Waals surface area contributed by atoms with E-state index in [4.69, 9.17) is 28.8 Å². The van der Waals surface area contributed by atoms with Gasteiger partial charge in [0, 0.05) is 47.6 Å². The number of aromatic nitrogens is 2. The molecule has 2 saturated heterocycles. The summed E-state index contributed by atoms with van der Waals surface area (Å²) in [5, 5.41) is 5.07. The van der Waals surface area contributed by atoms with Gasteiger partial charge in [-0.2, -0.15) is 0 Å². The molecule has 4 aromatic rings. The first-order chi connectivity index (χ1) is 19.7. The van der Waals surface area contributed by atoms with Crippen molar-refractivity contribution in [2.45, 2.75) is 53.1 Å². The minimum absolute atomic E-state index is 0.0991. The van der Waals surface area contributed by atoms with Crippen LogP contribution in [0.25, 0.3) is 5.69 Å². The fourth-order valence-electron chi connectivity index (χ4n) is 7.09. The molecule has 5 nitrogen and oxygen atoms in total. The average Bonchev–Trinajstić information content (AvgIpc) is 3.40. The van der Waals surface area contributed by atoms with Crippen LogP contribution in [0.3, 0.4) is 0 Å². The van der Waals surface area contributed by atoms with Crippen LogP contribution in [0.1, 0.15) is 60.6 Å². The van der Waals surface area contributed by atoms with Gasteiger partial charge in [0.15, 0.2) is 5.11 Å². The standard InChI is InChI=1S/C34H38ClN5S/c1-21-17-22(2)20-38(19-21)30-15-14-27(18-28(30)35)40-33(32(37-34(40)41)29-13-9-10-16-36-29)31-23(3)24(4)39(25(31)5)26-11-7-6-8-12-26/h6-16,18,21-22,32-33H,17,19-20H2,1-5H3,(H,37,41)/t21-,22+,32-,33-/m1/s1. The van der Waals surface area contributed by atoms with E-state index in [1.54, 1.807) is 0 Å². The van der Waals surface area contributed by atoms with Gasteiger partial charge in [0.25, 0.3) is 0 Å². The maximum Gasteiger partial charge on any atom is 0.174 e. The summed E-state index contributed by atoms with van der Waals surface area (Å²) < 4.78 is 2.36. The van der Waals surface area contributed by atoms with Crippen molar-refractivity contribution >= 4 is 40.3 Å². The smallest absolute Gasteiger partial charge is 0.174 e. The van der Waals surface area contributed by atoms with Crippen LogP contribution in [-0.4, -0.2) is 27.8 Å². The van der Waals surface area contributed by atoms with Crippen LogP contribution in [0.4, 0.5) is 11.4 Å². The number of hydrogen-bond donors (Lipinski definition) is 1. The number of pyridine rings is 1. The van der Waals surface area contributed by atoms with Gasteiger partial charge in [0.1, 0.15) is 0 Å². The van der Waals surface area contributed by atoms with Gasteiger partial charge < -0.3 is 19.7 Å². The number of rotatable bonds is 5. The molecule has 6 rings (SSSR count). The summed E-state index contributed by atoms with van der Waals surface area (Å²) in [6.45, 7) is 13.4. The Morgan fingerprint density at radius 2 is 1.59 bits per heavy atom. The highest BCUT2D eigenvalue weighted by molar-refractivity contribution is 7.80. The van der Waals surface area contributed by atoms with Crippen molar-refractivity contribution in [1.82, 2.24) is 14.9 Å². The average molecular weight is 584 g/mol. The number of thiocarbonyl (C=S) groups is 1. The number of anilines is 2. The monoisotopic (exact) mass is 583 g/mol. The Bertz CT molecular complexity index is 1560. The summed E-state index contributed by atoms with van der Waals surface area (Å²) in [5.74, 6) is 1.30. The zero-order valence-electron chi connectivity index (χ0n) is 24.4. The minimum Gasteiger partial charge on any atom is -0.370 e. The lowest BCUT2D eigenvalue weighted by Crippen LogP contribution is -2.38. The van der Waals surface area contributed by atoms with Gasteiger partial charge in [-0.3, -0.25) is 4.98 Å². The Morgan fingerprint density at radius 3 is 2.24 bits per heavy atom. The second kappa shape index (κ2) is 11.1. The Balaban J connectivity index is 1.47. The summed E-state index contributed by atoms with van der Waals surface area (Å²) in [4.78, 5) is 9.45. The predicted octanol–water partition coefficient (Wildman–Crippen LogP) is 8.11. The van der Waals surface area contributed by atoms with E-state index >= 15 is 0 Å². The molecule has 4 heterocycles. The Kier molecular flexibility index (Phi) is 7.56. The molecule has 2 aromatic heterocycles. The Morgan fingerprint density at radius 1 is 0.878 bits per heavy atom. The van der Waals surface area contributed by atoms with E-state index in [0.29, 0.717) is 16.9 Å². The van der Waals surface area contributed by atoms with Crippen molar-refractivity contribution < 1.29 is 0 Å². The molecule has 2 aromatic carbocycles. The molecule has 2 aliphatic rings. The summed E-state index contributed by atoms with van der Waals surface area (Å²) in [5.41, 5.74) is 9.15. The van der Waals surface area contributed by atoms with E-state index in [2.05, 4.69) is 109 Å². The molecule has 1 N–H and O–H groups in total. The molecule has 7 heteroatoms. The van der Waals surface area contributed by atoms with Gasteiger partial charge in [-0.05, 0) is 99.3 Å². The third-order valence-electron chi connectivity index (χ3n) is 8.83. The lowest BCUT2D eigenvalue weighted by Gasteiger charge is -2.37. The predicted molar refractivity (Wildman–Crippen MR) is 175 cm³/mol. The molecular formula is C34H38ClN5S. The van der Waals surface area contributed by atoms with Crippen LogP contribution in [0.5, 0.6) is 0 Å². The highest BCUT2D eigenvalue weighted by Crippen LogP contribution is 2.46. The molecule has 0 unspecified atom stereocenters. The van der Waals surface area contributed by atoms with E-state index in [1.807, 2.05) is 18.3 Å². The topological polar surface area (TPSA) is 36.3 Å².